The number of benzene rings is 4. The number of nitrogens with two attached hydrogens (primary N) is 1. The first-order valence-electron chi connectivity index (χ1n) is 12.4. The van der Waals surface area contributed by atoms with Crippen molar-refractivity contribution in [3.63, 3.8) is 0 Å². The highest BCUT2D eigenvalue weighted by molar-refractivity contribution is 5.91. The van der Waals surface area contributed by atoms with E-state index >= 15 is 0 Å². The number of nitrogens with zero attached hydrogens (tertiary/aromatic N) is 1. The number of anilines is 2. The predicted octanol–water partition coefficient (Wildman–Crippen LogP) is 4.82. The number of rotatable bonds is 11. The van der Waals surface area contributed by atoms with Crippen molar-refractivity contribution in [2.24, 2.45) is 0 Å². The second-order valence-electron chi connectivity index (χ2n) is 8.86. The van der Waals surface area contributed by atoms with Crippen LogP contribution in [-0.4, -0.2) is 24.1 Å². The number of methoxy groups -OCH3 is 1. The van der Waals surface area contributed by atoms with Gasteiger partial charge < -0.3 is 30.9 Å². The summed E-state index contributed by atoms with van der Waals surface area (Å²) in [7, 11) is 1.48. The van der Waals surface area contributed by atoms with E-state index in [2.05, 4.69) is 16.7 Å². The van der Waals surface area contributed by atoms with Gasteiger partial charge in [-0.1, -0.05) is 60.7 Å². The Morgan fingerprint density at radius 2 is 1.57 bits per heavy atom. The van der Waals surface area contributed by atoms with E-state index in [1.807, 2.05) is 30.3 Å². The Bertz CT molecular complexity index is 1500. The van der Waals surface area contributed by atoms with Gasteiger partial charge in [0.05, 0.1) is 18.7 Å². The molecule has 1 unspecified atom stereocenters. The highest BCUT2D eigenvalue weighted by Gasteiger charge is 2.30. The van der Waals surface area contributed by atoms with E-state index in [-0.39, 0.29) is 12.3 Å². The largest absolute Gasteiger partial charge is 0.493 e. The smallest absolute Gasteiger partial charge is 0.330 e. The molecule has 0 spiro atoms. The molecule has 40 heavy (non-hydrogen) atoms. The number of hydrogen-bond acceptors (Lipinski definition) is 7. The molecule has 0 aromatic heterocycles. The summed E-state index contributed by atoms with van der Waals surface area (Å²) in [4.78, 5) is 25.8. The van der Waals surface area contributed by atoms with Gasteiger partial charge in [-0.3, -0.25) is 4.79 Å². The van der Waals surface area contributed by atoms with Gasteiger partial charge in [0.2, 0.25) is 5.91 Å². The van der Waals surface area contributed by atoms with E-state index in [9.17, 15) is 14.7 Å². The third-order valence-corrected chi connectivity index (χ3v) is 6.17. The molecule has 0 aliphatic rings. The number of carboxylic acids is 1. The highest BCUT2D eigenvalue weighted by Crippen LogP contribution is 2.37. The Kier molecular flexibility index (Phi) is 8.84. The lowest BCUT2D eigenvalue weighted by Crippen LogP contribution is -2.39. The molecule has 0 heterocycles. The van der Waals surface area contributed by atoms with Crippen LogP contribution < -0.4 is 25.8 Å². The van der Waals surface area contributed by atoms with Crippen molar-refractivity contribution in [2.75, 3.05) is 18.2 Å². The maximum atomic E-state index is 13.7. The molecular weight excluding hydrogens is 508 g/mol. The average molecular weight is 537 g/mol. The van der Waals surface area contributed by atoms with Gasteiger partial charge in [0.15, 0.2) is 17.5 Å². The van der Waals surface area contributed by atoms with Crippen LogP contribution in [0.25, 0.3) is 0 Å². The quantitative estimate of drug-likeness (QED) is 0.200. The highest BCUT2D eigenvalue weighted by atomic mass is 16.5. The predicted molar refractivity (Wildman–Crippen MR) is 151 cm³/mol. The van der Waals surface area contributed by atoms with E-state index in [1.165, 1.54) is 7.11 Å². The van der Waals surface area contributed by atoms with Crippen molar-refractivity contribution in [3.05, 3.63) is 119 Å². The van der Waals surface area contributed by atoms with Crippen LogP contribution in [0.5, 0.6) is 11.5 Å². The van der Waals surface area contributed by atoms with Gasteiger partial charge in [0.25, 0.3) is 0 Å². The van der Waals surface area contributed by atoms with Gasteiger partial charge in [-0.15, -0.1) is 0 Å². The monoisotopic (exact) mass is 536 g/mol. The molecule has 4 aromatic carbocycles. The zero-order chi connectivity index (χ0) is 28.5. The molecule has 0 aliphatic carbocycles. The second-order valence-corrected chi connectivity index (χ2v) is 8.86. The zero-order valence-corrected chi connectivity index (χ0v) is 21.7. The van der Waals surface area contributed by atoms with Crippen LogP contribution in [0, 0.1) is 11.3 Å². The van der Waals surface area contributed by atoms with Crippen LogP contribution in [0.15, 0.2) is 97.1 Å². The molecule has 0 radical (unpaired) electrons. The summed E-state index contributed by atoms with van der Waals surface area (Å²) in [5.74, 6) is -1.12. The number of carboxylic acid groups (broad SMARTS) is 1. The first kappa shape index (κ1) is 27.5. The number of nitrogens with one attached hydrogen (secondary N) is 2. The molecule has 9 nitrogen and oxygen atoms in total. The number of nitrogen functional groups attached to an aromatic ring is 1. The van der Waals surface area contributed by atoms with Crippen molar-refractivity contribution >= 4 is 23.3 Å². The van der Waals surface area contributed by atoms with Crippen molar-refractivity contribution in [2.45, 2.75) is 18.7 Å². The lowest BCUT2D eigenvalue weighted by molar-refractivity contribution is -0.142. The number of hydrogen-bond donors (Lipinski definition) is 4. The normalized spacial score (nSPS) is 11.9. The summed E-state index contributed by atoms with van der Waals surface area (Å²) in [6.45, 7) is 0.279. The summed E-state index contributed by atoms with van der Waals surface area (Å²) >= 11 is 0. The van der Waals surface area contributed by atoms with Crippen LogP contribution in [0.1, 0.15) is 34.3 Å². The van der Waals surface area contributed by atoms with E-state index in [4.69, 9.17) is 20.5 Å². The Balaban J connectivity index is 1.68. The molecule has 0 fully saturated rings. The minimum absolute atomic E-state index is 0.233. The molecule has 0 saturated carbocycles. The maximum absolute atomic E-state index is 13.7. The fourth-order valence-corrected chi connectivity index (χ4v) is 4.10. The van der Waals surface area contributed by atoms with Crippen LogP contribution >= 0.6 is 0 Å². The van der Waals surface area contributed by atoms with Gasteiger partial charge in [0, 0.05) is 23.0 Å². The Morgan fingerprint density at radius 3 is 2.17 bits per heavy atom. The van der Waals surface area contributed by atoms with Crippen molar-refractivity contribution in [3.8, 4) is 17.6 Å². The van der Waals surface area contributed by atoms with Gasteiger partial charge in [-0.05, 0) is 41.5 Å². The summed E-state index contributed by atoms with van der Waals surface area (Å²) in [5, 5.41) is 24.8. The fourth-order valence-electron chi connectivity index (χ4n) is 4.10. The van der Waals surface area contributed by atoms with Gasteiger partial charge in [-0.2, -0.15) is 5.26 Å². The zero-order valence-electron chi connectivity index (χ0n) is 21.7. The lowest BCUT2D eigenvalue weighted by Gasteiger charge is -2.25. The van der Waals surface area contributed by atoms with Crippen molar-refractivity contribution in [1.82, 2.24) is 5.32 Å². The summed E-state index contributed by atoms with van der Waals surface area (Å²) in [6.07, 6.45) is 0. The number of ether oxygens (including phenoxy) is 2. The molecule has 9 heteroatoms. The Morgan fingerprint density at radius 1 is 0.925 bits per heavy atom. The third kappa shape index (κ3) is 6.68. The number of carbonyl (C=O) groups is 2. The molecule has 2 atom stereocenters. The third-order valence-electron chi connectivity index (χ3n) is 6.17. The molecule has 0 bridgehead atoms. The lowest BCUT2D eigenvalue weighted by atomic mass is 10.0. The van der Waals surface area contributed by atoms with Crippen molar-refractivity contribution in [1.29, 1.82) is 5.26 Å². The van der Waals surface area contributed by atoms with E-state index in [0.29, 0.717) is 33.9 Å². The number of carbonyl (C=O) groups excluding carboxylic acids is 1. The first-order chi connectivity index (χ1) is 19.4. The molecule has 5 N–H and O–H groups in total. The second kappa shape index (κ2) is 12.8. The van der Waals surface area contributed by atoms with Crippen LogP contribution in [0.4, 0.5) is 11.4 Å². The number of aliphatic carboxylic acids is 1. The Hall–Kier alpha value is -5.49. The number of nitriles is 1. The maximum Gasteiger partial charge on any atom is 0.330 e. The van der Waals surface area contributed by atoms with Crippen molar-refractivity contribution < 1.29 is 24.2 Å². The van der Waals surface area contributed by atoms with Crippen LogP contribution in [0.3, 0.4) is 0 Å². The molecule has 0 aliphatic heterocycles. The van der Waals surface area contributed by atoms with Gasteiger partial charge >= 0.3 is 5.97 Å². The molecule has 202 valence electrons. The topological polar surface area (TPSA) is 147 Å². The molecule has 1 amide bonds. The molecule has 0 saturated heterocycles. The molecular formula is C31H28N4O5. The minimum Gasteiger partial charge on any atom is -0.493 e. The van der Waals surface area contributed by atoms with Crippen LogP contribution in [-0.2, 0) is 16.2 Å². The average Bonchev–Trinajstić information content (AvgIpc) is 2.98. The summed E-state index contributed by atoms with van der Waals surface area (Å²) < 4.78 is 11.5. The van der Waals surface area contributed by atoms with Crippen LogP contribution in [0.2, 0.25) is 0 Å². The van der Waals surface area contributed by atoms with E-state index in [1.54, 1.807) is 66.7 Å². The SMILES string of the molecule is COc1cc([C@H](Nc2ccc(C#N)cc2)C(=O)NC(C(=O)O)c2ccccc2)c(N)cc1OCc1ccccc1. The summed E-state index contributed by atoms with van der Waals surface area (Å²) in [6, 6.07) is 27.3. The molecule has 4 rings (SSSR count). The van der Waals surface area contributed by atoms with Gasteiger partial charge in [0.1, 0.15) is 12.6 Å². The van der Waals surface area contributed by atoms with E-state index < -0.39 is 24.0 Å². The first-order valence-corrected chi connectivity index (χ1v) is 12.4. The molecule has 4 aromatic rings. The minimum atomic E-state index is -1.30. The van der Waals surface area contributed by atoms with E-state index in [0.717, 1.165) is 5.56 Å². The fraction of sp³-hybridized carbons (Fsp3) is 0.129. The standard InChI is InChI=1S/C31H28N4O5/c1-39-26-16-24(25(33)17-27(26)40-19-21-8-4-2-5-9-21)29(34-23-14-12-20(18-32)13-15-23)30(36)35-28(31(37)38)22-10-6-3-7-11-22/h2-17,28-29,34H,19,33H2,1H3,(H,35,36)(H,37,38)/t28?,29-/m0/s1. The summed E-state index contributed by atoms with van der Waals surface area (Å²) in [5.41, 5.74) is 9.35. The Labute approximate surface area is 231 Å². The number of amides is 1. The van der Waals surface area contributed by atoms with Gasteiger partial charge in [-0.25, -0.2) is 4.79 Å².